The summed E-state index contributed by atoms with van der Waals surface area (Å²) in [7, 11) is 0. The molecule has 134 valence electrons. The molecule has 5 nitrogen and oxygen atoms in total. The number of halogens is 1. The van der Waals surface area contributed by atoms with Crippen LogP contribution in [-0.4, -0.2) is 21.6 Å². The summed E-state index contributed by atoms with van der Waals surface area (Å²) in [5, 5.41) is 9.45. The minimum atomic E-state index is -1.02. The number of carbonyl (C=O) groups is 1. The van der Waals surface area contributed by atoms with Gasteiger partial charge in [-0.1, -0.05) is 0 Å². The van der Waals surface area contributed by atoms with Gasteiger partial charge in [0.15, 0.2) is 0 Å². The lowest BCUT2D eigenvalue weighted by atomic mass is 10.0. The van der Waals surface area contributed by atoms with Gasteiger partial charge in [-0.05, 0) is 75.2 Å². The van der Waals surface area contributed by atoms with Crippen molar-refractivity contribution in [2.24, 2.45) is 0 Å². The van der Waals surface area contributed by atoms with Crippen LogP contribution in [0.5, 0.6) is 11.5 Å². The van der Waals surface area contributed by atoms with Crippen LogP contribution in [0.3, 0.4) is 0 Å². The molecule has 6 heteroatoms. The summed E-state index contributed by atoms with van der Waals surface area (Å²) in [5.41, 5.74) is 7.23. The lowest BCUT2D eigenvalue weighted by Gasteiger charge is -2.33. The molecule has 0 atom stereocenters. The second-order valence-electron chi connectivity index (χ2n) is 6.91. The Balaban J connectivity index is 2.29. The number of carboxylic acid groups (broad SMARTS) is 1. The highest BCUT2D eigenvalue weighted by molar-refractivity contribution is 5.66. The van der Waals surface area contributed by atoms with Crippen molar-refractivity contribution in [3.63, 3.8) is 0 Å². The Morgan fingerprint density at radius 2 is 1.92 bits per heavy atom. The highest BCUT2D eigenvalue weighted by Crippen LogP contribution is 2.29. The van der Waals surface area contributed by atoms with Crippen LogP contribution in [0.25, 0.3) is 0 Å². The molecule has 2 rings (SSSR count). The molecule has 25 heavy (non-hydrogen) atoms. The van der Waals surface area contributed by atoms with Crippen LogP contribution < -0.4 is 10.5 Å². The van der Waals surface area contributed by atoms with Crippen molar-refractivity contribution in [1.82, 2.24) is 4.90 Å². The van der Waals surface area contributed by atoms with E-state index < -0.39 is 11.6 Å². The van der Waals surface area contributed by atoms with Crippen LogP contribution in [0, 0.1) is 12.7 Å². The summed E-state index contributed by atoms with van der Waals surface area (Å²) in [6.45, 7) is 7.35. The number of nitrogen functional groups attached to an aromatic ring is 1. The number of ether oxygens (including phenoxy) is 1. The number of anilines is 1. The fraction of sp³-hybridized carbons (Fsp3) is 0.316. The number of hydrogen-bond donors (Lipinski definition) is 2. The first-order chi connectivity index (χ1) is 11.6. The topological polar surface area (TPSA) is 75.8 Å². The summed E-state index contributed by atoms with van der Waals surface area (Å²) in [4.78, 5) is 12.8. The smallest absolute Gasteiger partial charge is 0.408 e. The van der Waals surface area contributed by atoms with Crippen molar-refractivity contribution in [3.8, 4) is 11.5 Å². The third-order valence-corrected chi connectivity index (χ3v) is 3.85. The molecule has 0 aliphatic heterocycles. The van der Waals surface area contributed by atoms with E-state index in [1.165, 1.54) is 17.0 Å². The fourth-order valence-corrected chi connectivity index (χ4v) is 2.40. The molecule has 0 fully saturated rings. The average Bonchev–Trinajstić information content (AvgIpc) is 2.48. The number of amides is 1. The second kappa shape index (κ2) is 7.01. The maximum Gasteiger partial charge on any atom is 0.408 e. The number of rotatable bonds is 4. The predicted molar refractivity (Wildman–Crippen MR) is 95.4 cm³/mol. The van der Waals surface area contributed by atoms with Crippen molar-refractivity contribution < 1.29 is 19.0 Å². The van der Waals surface area contributed by atoms with E-state index >= 15 is 0 Å². The van der Waals surface area contributed by atoms with Gasteiger partial charge in [0.25, 0.3) is 0 Å². The zero-order valence-electron chi connectivity index (χ0n) is 14.8. The Labute approximate surface area is 146 Å². The molecule has 0 unspecified atom stereocenters. The zero-order valence-corrected chi connectivity index (χ0v) is 14.8. The van der Waals surface area contributed by atoms with Crippen LogP contribution in [0.4, 0.5) is 14.9 Å². The quantitative estimate of drug-likeness (QED) is 0.781. The van der Waals surface area contributed by atoms with E-state index in [1.807, 2.05) is 20.8 Å². The van der Waals surface area contributed by atoms with E-state index in [1.54, 1.807) is 31.2 Å². The monoisotopic (exact) mass is 346 g/mol. The zero-order chi connectivity index (χ0) is 18.8. The van der Waals surface area contributed by atoms with Gasteiger partial charge < -0.3 is 15.6 Å². The molecule has 1 amide bonds. The SMILES string of the molecule is Cc1cc(F)ccc1Oc1ccc(N)c(CN(C(=O)O)C(C)(C)C)c1. The maximum absolute atomic E-state index is 13.2. The predicted octanol–water partition coefficient (Wildman–Crippen LogP) is 4.79. The first kappa shape index (κ1) is 18.6. The van der Waals surface area contributed by atoms with Gasteiger partial charge in [-0.25, -0.2) is 9.18 Å². The normalized spacial score (nSPS) is 11.2. The molecule has 0 radical (unpaired) electrons. The van der Waals surface area contributed by atoms with Crippen LogP contribution in [0.2, 0.25) is 0 Å². The molecular formula is C19H23FN2O3. The highest BCUT2D eigenvalue weighted by atomic mass is 19.1. The van der Waals surface area contributed by atoms with E-state index in [9.17, 15) is 14.3 Å². The van der Waals surface area contributed by atoms with Gasteiger partial charge in [0.05, 0.1) is 6.54 Å². The van der Waals surface area contributed by atoms with Crippen molar-refractivity contribution in [2.75, 3.05) is 5.73 Å². The number of nitrogens with zero attached hydrogens (tertiary/aromatic N) is 1. The van der Waals surface area contributed by atoms with Crippen molar-refractivity contribution in [1.29, 1.82) is 0 Å². The molecule has 0 heterocycles. The minimum Gasteiger partial charge on any atom is -0.465 e. The van der Waals surface area contributed by atoms with E-state index in [2.05, 4.69) is 0 Å². The lowest BCUT2D eigenvalue weighted by Crippen LogP contribution is -2.44. The summed E-state index contributed by atoms with van der Waals surface area (Å²) in [6.07, 6.45) is -1.02. The van der Waals surface area contributed by atoms with Crippen molar-refractivity contribution in [2.45, 2.75) is 39.8 Å². The van der Waals surface area contributed by atoms with Crippen molar-refractivity contribution >= 4 is 11.8 Å². The number of hydrogen-bond acceptors (Lipinski definition) is 3. The van der Waals surface area contributed by atoms with E-state index in [0.717, 1.165) is 0 Å². The molecule has 0 aromatic heterocycles. The molecule has 0 aliphatic carbocycles. The maximum atomic E-state index is 13.2. The van der Waals surface area contributed by atoms with E-state index in [-0.39, 0.29) is 12.4 Å². The third-order valence-electron chi connectivity index (χ3n) is 3.85. The molecular weight excluding hydrogens is 323 g/mol. The van der Waals surface area contributed by atoms with Crippen LogP contribution >= 0.6 is 0 Å². The Kier molecular flexibility index (Phi) is 5.21. The lowest BCUT2D eigenvalue weighted by molar-refractivity contribution is 0.0956. The Morgan fingerprint density at radius 1 is 1.24 bits per heavy atom. The number of nitrogens with two attached hydrogens (primary N) is 1. The molecule has 2 aromatic rings. The van der Waals surface area contributed by atoms with E-state index in [4.69, 9.17) is 10.5 Å². The molecule has 0 aliphatic rings. The summed E-state index contributed by atoms with van der Waals surface area (Å²) < 4.78 is 19.0. The number of benzene rings is 2. The van der Waals surface area contributed by atoms with Gasteiger partial charge in [0, 0.05) is 11.2 Å². The van der Waals surface area contributed by atoms with Gasteiger partial charge in [0.1, 0.15) is 17.3 Å². The Hall–Kier alpha value is -2.76. The Morgan fingerprint density at radius 3 is 2.48 bits per heavy atom. The minimum absolute atomic E-state index is 0.143. The van der Waals surface area contributed by atoms with Crippen LogP contribution in [0.15, 0.2) is 36.4 Å². The second-order valence-corrected chi connectivity index (χ2v) is 6.91. The first-order valence-corrected chi connectivity index (χ1v) is 7.91. The summed E-state index contributed by atoms with van der Waals surface area (Å²) in [5.74, 6) is 0.714. The molecule has 0 saturated heterocycles. The van der Waals surface area contributed by atoms with Gasteiger partial charge in [-0.3, -0.25) is 4.90 Å². The third kappa shape index (κ3) is 4.62. The summed E-state index contributed by atoms with van der Waals surface area (Å²) >= 11 is 0. The molecule has 0 spiro atoms. The molecule has 0 saturated carbocycles. The van der Waals surface area contributed by atoms with Crippen LogP contribution in [-0.2, 0) is 6.54 Å². The standard InChI is InChI=1S/C19H23FN2O3/c1-12-9-14(20)5-8-17(12)25-15-6-7-16(21)13(10-15)11-22(18(23)24)19(2,3)4/h5-10H,11,21H2,1-4H3,(H,23,24). The molecule has 2 aromatic carbocycles. The van der Waals surface area contributed by atoms with E-state index in [0.29, 0.717) is 28.3 Å². The Bertz CT molecular complexity index is 785. The largest absolute Gasteiger partial charge is 0.465 e. The first-order valence-electron chi connectivity index (χ1n) is 7.91. The highest BCUT2D eigenvalue weighted by Gasteiger charge is 2.26. The van der Waals surface area contributed by atoms with Crippen molar-refractivity contribution in [3.05, 3.63) is 53.3 Å². The van der Waals surface area contributed by atoms with Gasteiger partial charge in [-0.2, -0.15) is 0 Å². The summed E-state index contributed by atoms with van der Waals surface area (Å²) in [6, 6.07) is 9.35. The van der Waals surface area contributed by atoms with Gasteiger partial charge in [-0.15, -0.1) is 0 Å². The molecule has 0 bridgehead atoms. The number of aryl methyl sites for hydroxylation is 1. The van der Waals surface area contributed by atoms with Gasteiger partial charge in [0.2, 0.25) is 0 Å². The molecule has 3 N–H and O–H groups in total. The van der Waals surface area contributed by atoms with Gasteiger partial charge >= 0.3 is 6.09 Å². The average molecular weight is 346 g/mol. The fourth-order valence-electron chi connectivity index (χ4n) is 2.40. The van der Waals surface area contributed by atoms with Crippen LogP contribution in [0.1, 0.15) is 31.9 Å².